The smallest absolute Gasteiger partial charge is 0.200 e. The van der Waals surface area contributed by atoms with Crippen LogP contribution in [0.4, 0.5) is 0 Å². The largest absolute Gasteiger partial charge is 0.497 e. The maximum Gasteiger partial charge on any atom is 0.200 e. The zero-order valence-electron chi connectivity index (χ0n) is 14.6. The van der Waals surface area contributed by atoms with E-state index >= 15 is 0 Å². The molecule has 0 aliphatic carbocycles. The molecule has 0 aliphatic heterocycles. The van der Waals surface area contributed by atoms with Gasteiger partial charge in [0, 0.05) is 12.1 Å². The number of aromatic nitrogens is 3. The van der Waals surface area contributed by atoms with Gasteiger partial charge in [-0.3, -0.25) is 9.36 Å². The molecule has 0 N–H and O–H groups in total. The monoisotopic (exact) mass is 369 g/mol. The lowest BCUT2D eigenvalue weighted by atomic mass is 10.1. The Bertz CT molecular complexity index is 885. The van der Waals surface area contributed by atoms with Gasteiger partial charge in [-0.05, 0) is 43.3 Å². The molecule has 1 atom stereocenters. The zero-order chi connectivity index (χ0) is 18.5. The van der Waals surface area contributed by atoms with E-state index in [0.717, 1.165) is 5.75 Å². The number of rotatable bonds is 8. The highest BCUT2D eigenvalue weighted by molar-refractivity contribution is 8.00. The Morgan fingerprint density at radius 3 is 2.73 bits per heavy atom. The van der Waals surface area contributed by atoms with Crippen molar-refractivity contribution in [2.24, 2.45) is 0 Å². The number of carbonyl (C=O) groups excluding carboxylic acids is 1. The second kappa shape index (κ2) is 8.05. The van der Waals surface area contributed by atoms with E-state index in [0.29, 0.717) is 28.8 Å². The predicted octanol–water partition coefficient (Wildman–Crippen LogP) is 4.10. The van der Waals surface area contributed by atoms with E-state index in [9.17, 15) is 4.79 Å². The first-order valence-corrected chi connectivity index (χ1v) is 8.95. The number of hydrogen-bond acceptors (Lipinski definition) is 6. The van der Waals surface area contributed by atoms with E-state index in [1.807, 2.05) is 17.6 Å². The summed E-state index contributed by atoms with van der Waals surface area (Å²) >= 11 is 1.36. The predicted molar refractivity (Wildman–Crippen MR) is 101 cm³/mol. The van der Waals surface area contributed by atoms with Crippen molar-refractivity contribution in [3.05, 3.63) is 60.9 Å². The molecule has 26 heavy (non-hydrogen) atoms. The molecule has 0 radical (unpaired) electrons. The topological polar surface area (TPSA) is 70.2 Å². The first-order chi connectivity index (χ1) is 12.6. The molecule has 2 aromatic heterocycles. The molecular formula is C19H19N3O3S. The van der Waals surface area contributed by atoms with Crippen molar-refractivity contribution in [2.75, 3.05) is 7.11 Å². The summed E-state index contributed by atoms with van der Waals surface area (Å²) in [5.41, 5.74) is 0.631. The van der Waals surface area contributed by atoms with Gasteiger partial charge in [0.05, 0.1) is 18.6 Å². The molecule has 134 valence electrons. The number of hydrogen-bond donors (Lipinski definition) is 0. The van der Waals surface area contributed by atoms with Gasteiger partial charge in [-0.1, -0.05) is 17.8 Å². The Morgan fingerprint density at radius 2 is 2.12 bits per heavy atom. The standard InChI is InChI=1S/C19H19N3O3S/c1-4-11-22-18(16-6-5-12-25-16)20-21-19(22)26-13(2)17(23)14-7-9-15(24-3)10-8-14/h4-10,12-13H,1,11H2,2-3H3. The maximum absolute atomic E-state index is 12.7. The molecule has 0 aliphatic rings. The van der Waals surface area contributed by atoms with Gasteiger partial charge in [-0.15, -0.1) is 16.8 Å². The Kier molecular flexibility index (Phi) is 5.58. The fourth-order valence-electron chi connectivity index (χ4n) is 2.46. The highest BCUT2D eigenvalue weighted by Crippen LogP contribution is 2.28. The van der Waals surface area contributed by atoms with Gasteiger partial charge >= 0.3 is 0 Å². The third kappa shape index (κ3) is 3.72. The minimum Gasteiger partial charge on any atom is -0.497 e. The lowest BCUT2D eigenvalue weighted by Gasteiger charge is -2.11. The lowest BCUT2D eigenvalue weighted by molar-refractivity contribution is 0.0994. The Morgan fingerprint density at radius 1 is 1.35 bits per heavy atom. The zero-order valence-corrected chi connectivity index (χ0v) is 15.4. The van der Waals surface area contributed by atoms with Crippen molar-refractivity contribution in [3.8, 4) is 17.3 Å². The van der Waals surface area contributed by atoms with Crippen LogP contribution in [0.5, 0.6) is 5.75 Å². The Balaban J connectivity index is 1.81. The summed E-state index contributed by atoms with van der Waals surface area (Å²) in [5.74, 6) is 1.97. The van der Waals surface area contributed by atoms with Gasteiger partial charge in [0.25, 0.3) is 0 Å². The third-order valence-electron chi connectivity index (χ3n) is 3.80. The van der Waals surface area contributed by atoms with Gasteiger partial charge in [0.1, 0.15) is 5.75 Å². The fourth-order valence-corrected chi connectivity index (χ4v) is 3.39. The number of carbonyl (C=O) groups is 1. The van der Waals surface area contributed by atoms with Crippen LogP contribution in [0.3, 0.4) is 0 Å². The van der Waals surface area contributed by atoms with Crippen LogP contribution in [-0.4, -0.2) is 32.9 Å². The molecule has 2 heterocycles. The first kappa shape index (κ1) is 18.0. The summed E-state index contributed by atoms with van der Waals surface area (Å²) in [7, 11) is 1.60. The molecule has 0 spiro atoms. The number of ketones is 1. The van der Waals surface area contributed by atoms with Crippen molar-refractivity contribution in [3.63, 3.8) is 0 Å². The molecule has 7 heteroatoms. The van der Waals surface area contributed by atoms with E-state index in [1.165, 1.54) is 11.8 Å². The average Bonchev–Trinajstić information content (AvgIpc) is 3.32. The number of ether oxygens (including phenoxy) is 1. The van der Waals surface area contributed by atoms with Crippen molar-refractivity contribution in [2.45, 2.75) is 23.9 Å². The number of Topliss-reactive ketones (excluding diaryl/α,β-unsaturated/α-hetero) is 1. The van der Waals surface area contributed by atoms with Gasteiger partial charge in [-0.2, -0.15) is 0 Å². The second-order valence-corrected chi connectivity index (χ2v) is 6.84. The van der Waals surface area contributed by atoms with Crippen LogP contribution in [0.2, 0.25) is 0 Å². The van der Waals surface area contributed by atoms with Crippen LogP contribution < -0.4 is 4.74 Å². The number of nitrogens with zero attached hydrogens (tertiary/aromatic N) is 3. The summed E-state index contributed by atoms with van der Waals surface area (Å²) in [6.07, 6.45) is 3.35. The molecule has 0 amide bonds. The number of furan rings is 1. The van der Waals surface area contributed by atoms with E-state index in [4.69, 9.17) is 9.15 Å². The molecule has 0 saturated heterocycles. The van der Waals surface area contributed by atoms with E-state index in [1.54, 1.807) is 49.8 Å². The molecule has 3 rings (SSSR count). The highest BCUT2D eigenvalue weighted by atomic mass is 32.2. The van der Waals surface area contributed by atoms with Gasteiger partial charge < -0.3 is 9.15 Å². The molecule has 0 saturated carbocycles. The first-order valence-electron chi connectivity index (χ1n) is 8.07. The second-order valence-electron chi connectivity index (χ2n) is 5.54. The Hall–Kier alpha value is -2.80. The highest BCUT2D eigenvalue weighted by Gasteiger charge is 2.22. The average molecular weight is 369 g/mol. The summed E-state index contributed by atoms with van der Waals surface area (Å²) in [6, 6.07) is 10.7. The van der Waals surface area contributed by atoms with Crippen LogP contribution in [-0.2, 0) is 6.54 Å². The minimum absolute atomic E-state index is 0.0188. The van der Waals surface area contributed by atoms with Crippen molar-refractivity contribution < 1.29 is 13.9 Å². The molecule has 0 fully saturated rings. The van der Waals surface area contributed by atoms with Crippen LogP contribution in [0, 0.1) is 0 Å². The quantitative estimate of drug-likeness (QED) is 0.338. The molecular weight excluding hydrogens is 350 g/mol. The molecule has 1 unspecified atom stereocenters. The maximum atomic E-state index is 12.7. The summed E-state index contributed by atoms with van der Waals surface area (Å²) in [6.45, 7) is 6.16. The molecule has 0 bridgehead atoms. The molecule has 3 aromatic rings. The SMILES string of the molecule is C=CCn1c(SC(C)C(=O)c2ccc(OC)cc2)nnc1-c1ccco1. The fraction of sp³-hybridized carbons (Fsp3) is 0.211. The van der Waals surface area contributed by atoms with Gasteiger partial charge in [0.2, 0.25) is 5.82 Å². The van der Waals surface area contributed by atoms with E-state index in [-0.39, 0.29) is 11.0 Å². The molecule has 6 nitrogen and oxygen atoms in total. The summed E-state index contributed by atoms with van der Waals surface area (Å²) < 4.78 is 12.4. The van der Waals surface area contributed by atoms with E-state index in [2.05, 4.69) is 16.8 Å². The van der Waals surface area contributed by atoms with E-state index < -0.39 is 0 Å². The van der Waals surface area contributed by atoms with Gasteiger partial charge in [0.15, 0.2) is 16.7 Å². The minimum atomic E-state index is -0.319. The van der Waals surface area contributed by atoms with Crippen molar-refractivity contribution >= 4 is 17.5 Å². The normalized spacial score (nSPS) is 11.9. The van der Waals surface area contributed by atoms with Crippen LogP contribution >= 0.6 is 11.8 Å². The van der Waals surface area contributed by atoms with Crippen LogP contribution in [0.15, 0.2) is 64.9 Å². The number of benzene rings is 1. The summed E-state index contributed by atoms with van der Waals surface area (Å²) in [5, 5.41) is 8.76. The lowest BCUT2D eigenvalue weighted by Crippen LogP contribution is -2.14. The van der Waals surface area contributed by atoms with Gasteiger partial charge in [-0.25, -0.2) is 0 Å². The number of methoxy groups -OCH3 is 1. The third-order valence-corrected chi connectivity index (χ3v) is 4.88. The summed E-state index contributed by atoms with van der Waals surface area (Å²) in [4.78, 5) is 12.7. The number of thioether (sulfide) groups is 1. The van der Waals surface area contributed by atoms with Crippen molar-refractivity contribution in [1.29, 1.82) is 0 Å². The Labute approximate surface area is 155 Å². The number of allylic oxidation sites excluding steroid dienone is 1. The van der Waals surface area contributed by atoms with Crippen LogP contribution in [0.25, 0.3) is 11.6 Å². The van der Waals surface area contributed by atoms with Crippen LogP contribution in [0.1, 0.15) is 17.3 Å². The van der Waals surface area contributed by atoms with Crippen molar-refractivity contribution in [1.82, 2.24) is 14.8 Å². The molecule has 1 aromatic carbocycles.